The van der Waals surface area contributed by atoms with E-state index in [1.165, 1.54) is 11.3 Å². The number of nitrogens with one attached hydrogen (secondary N) is 1. The largest absolute Gasteiger partial charge is 0.497 e. The lowest BCUT2D eigenvalue weighted by Crippen LogP contribution is -2.43. The van der Waals surface area contributed by atoms with E-state index < -0.39 is 0 Å². The van der Waals surface area contributed by atoms with Crippen LogP contribution >= 0.6 is 22.9 Å². The first-order valence-electron chi connectivity index (χ1n) is 9.99. The number of hydrogen-bond acceptors (Lipinski definition) is 5. The number of aryl methyl sites for hydroxylation is 1. The van der Waals surface area contributed by atoms with Crippen LogP contribution in [0.3, 0.4) is 0 Å². The van der Waals surface area contributed by atoms with Gasteiger partial charge in [0.2, 0.25) is 0 Å². The molecule has 0 bridgehead atoms. The average molecular weight is 445 g/mol. The lowest BCUT2D eigenvalue weighted by molar-refractivity contribution is 0.0162. The number of halogens is 1. The fraction of sp³-hybridized carbons (Fsp3) is 0.348. The normalized spacial score (nSPS) is 15.8. The second-order valence-electron chi connectivity index (χ2n) is 7.39. The van der Waals surface area contributed by atoms with E-state index in [1.54, 1.807) is 7.11 Å². The third kappa shape index (κ3) is 4.47. The first kappa shape index (κ1) is 21.1. The van der Waals surface area contributed by atoms with Crippen molar-refractivity contribution in [1.29, 1.82) is 0 Å². The first-order chi connectivity index (χ1) is 14.6. The number of nitrogens with zero attached hydrogens (tertiary/aromatic N) is 1. The van der Waals surface area contributed by atoms with Crippen LogP contribution in [0.25, 0.3) is 10.1 Å². The highest BCUT2D eigenvalue weighted by molar-refractivity contribution is 7.21. The first-order valence-corrected chi connectivity index (χ1v) is 11.2. The van der Waals surface area contributed by atoms with Crippen molar-refractivity contribution in [3.05, 3.63) is 63.5 Å². The molecule has 1 aliphatic rings. The molecule has 1 N–H and O–H groups in total. The van der Waals surface area contributed by atoms with Gasteiger partial charge < -0.3 is 14.8 Å². The molecule has 1 aliphatic heterocycles. The Kier molecular flexibility index (Phi) is 6.58. The second-order valence-corrected chi connectivity index (χ2v) is 8.82. The van der Waals surface area contributed by atoms with Gasteiger partial charge in [-0.05, 0) is 36.2 Å². The molecule has 1 saturated heterocycles. The molecule has 0 unspecified atom stereocenters. The summed E-state index contributed by atoms with van der Waals surface area (Å²) >= 11 is 7.97. The molecule has 1 aromatic heterocycles. The molecule has 1 fully saturated rings. The average Bonchev–Trinajstić information content (AvgIpc) is 3.10. The van der Waals surface area contributed by atoms with Crippen molar-refractivity contribution in [1.82, 2.24) is 10.2 Å². The van der Waals surface area contributed by atoms with E-state index in [9.17, 15) is 4.79 Å². The van der Waals surface area contributed by atoms with Crippen LogP contribution in [0.5, 0.6) is 5.75 Å². The summed E-state index contributed by atoms with van der Waals surface area (Å²) in [6.07, 6.45) is 0. The summed E-state index contributed by atoms with van der Waals surface area (Å²) in [5.74, 6) is 0.682. The third-order valence-corrected chi connectivity index (χ3v) is 7.09. The molecule has 2 aromatic carbocycles. The van der Waals surface area contributed by atoms with Crippen LogP contribution < -0.4 is 10.1 Å². The molecular formula is C23H25ClN2O3S. The highest BCUT2D eigenvalue weighted by Gasteiger charge is 2.25. The van der Waals surface area contributed by atoms with Gasteiger partial charge in [-0.1, -0.05) is 35.9 Å². The van der Waals surface area contributed by atoms with Crippen molar-refractivity contribution in [3.63, 3.8) is 0 Å². The smallest absolute Gasteiger partial charge is 0.262 e. The van der Waals surface area contributed by atoms with Gasteiger partial charge in [0.15, 0.2) is 0 Å². The Morgan fingerprint density at radius 3 is 2.67 bits per heavy atom. The summed E-state index contributed by atoms with van der Waals surface area (Å²) < 4.78 is 11.8. The number of morpholine rings is 1. The number of hydrogen-bond donors (Lipinski definition) is 1. The third-order valence-electron chi connectivity index (χ3n) is 5.43. The number of carbonyl (C=O) groups is 1. The van der Waals surface area contributed by atoms with E-state index in [0.717, 1.165) is 40.1 Å². The summed E-state index contributed by atoms with van der Waals surface area (Å²) in [6, 6.07) is 14.1. The number of carbonyl (C=O) groups excluding carboxylic acids is 1. The van der Waals surface area contributed by atoms with Crippen LogP contribution in [0.4, 0.5) is 0 Å². The van der Waals surface area contributed by atoms with Gasteiger partial charge >= 0.3 is 0 Å². The molecule has 3 aromatic rings. The molecule has 1 atom stereocenters. The molecular weight excluding hydrogens is 420 g/mol. The summed E-state index contributed by atoms with van der Waals surface area (Å²) in [4.78, 5) is 15.9. The van der Waals surface area contributed by atoms with Crippen molar-refractivity contribution >= 4 is 38.9 Å². The van der Waals surface area contributed by atoms with Crippen LogP contribution in [0.2, 0.25) is 5.02 Å². The van der Waals surface area contributed by atoms with Gasteiger partial charge in [-0.2, -0.15) is 0 Å². The van der Waals surface area contributed by atoms with Crippen LogP contribution in [-0.4, -0.2) is 50.8 Å². The standard InChI is InChI=1S/C23H25ClN2O3S/c1-15-3-8-18-20(13-15)30-22(21(18)24)23(27)25-14-19(26-9-11-29-12-10-26)16-4-6-17(28-2)7-5-16/h3-8,13,19H,9-12,14H2,1-2H3,(H,25,27)/t19-/m0/s1. The van der Waals surface area contributed by atoms with E-state index in [2.05, 4.69) is 28.4 Å². The summed E-state index contributed by atoms with van der Waals surface area (Å²) in [7, 11) is 1.66. The molecule has 0 saturated carbocycles. The Labute approximate surface area is 185 Å². The van der Waals surface area contributed by atoms with Crippen molar-refractivity contribution in [3.8, 4) is 5.75 Å². The molecule has 7 heteroatoms. The van der Waals surface area contributed by atoms with Crippen LogP contribution in [0.1, 0.15) is 26.8 Å². The van der Waals surface area contributed by atoms with Gasteiger partial charge in [0, 0.05) is 29.7 Å². The number of thiophene rings is 1. The van der Waals surface area contributed by atoms with Crippen molar-refractivity contribution in [2.45, 2.75) is 13.0 Å². The Bertz CT molecular complexity index is 1030. The van der Waals surface area contributed by atoms with Crippen molar-refractivity contribution in [2.75, 3.05) is 40.0 Å². The highest BCUT2D eigenvalue weighted by atomic mass is 35.5. The van der Waals surface area contributed by atoms with Gasteiger partial charge in [0.25, 0.3) is 5.91 Å². The molecule has 158 valence electrons. The van der Waals surface area contributed by atoms with Gasteiger partial charge in [0.1, 0.15) is 10.6 Å². The topological polar surface area (TPSA) is 50.8 Å². The summed E-state index contributed by atoms with van der Waals surface area (Å²) in [5.41, 5.74) is 2.29. The highest BCUT2D eigenvalue weighted by Crippen LogP contribution is 2.36. The zero-order valence-electron chi connectivity index (χ0n) is 17.1. The number of fused-ring (bicyclic) bond motifs is 1. The monoisotopic (exact) mass is 444 g/mol. The second kappa shape index (κ2) is 9.35. The summed E-state index contributed by atoms with van der Waals surface area (Å²) in [5, 5.41) is 4.57. The van der Waals surface area contributed by atoms with Crippen molar-refractivity contribution < 1.29 is 14.3 Å². The number of amides is 1. The quantitative estimate of drug-likeness (QED) is 0.600. The van der Waals surface area contributed by atoms with Crippen LogP contribution in [0.15, 0.2) is 42.5 Å². The molecule has 30 heavy (non-hydrogen) atoms. The fourth-order valence-electron chi connectivity index (χ4n) is 3.76. The molecule has 0 radical (unpaired) electrons. The van der Waals surface area contributed by atoms with E-state index in [-0.39, 0.29) is 11.9 Å². The minimum absolute atomic E-state index is 0.0548. The minimum Gasteiger partial charge on any atom is -0.497 e. The molecule has 0 spiro atoms. The molecule has 4 rings (SSSR count). The number of ether oxygens (including phenoxy) is 2. The van der Waals surface area contributed by atoms with Gasteiger partial charge in [-0.25, -0.2) is 0 Å². The van der Waals surface area contributed by atoms with Crippen LogP contribution in [-0.2, 0) is 4.74 Å². The lowest BCUT2D eigenvalue weighted by atomic mass is 10.0. The van der Waals surface area contributed by atoms with E-state index in [1.807, 2.05) is 31.2 Å². The SMILES string of the molecule is COc1ccc([C@H](CNC(=O)c2sc3cc(C)ccc3c2Cl)N2CCOCC2)cc1. The summed E-state index contributed by atoms with van der Waals surface area (Å²) in [6.45, 7) is 5.58. The minimum atomic E-state index is -0.134. The number of benzene rings is 2. The molecule has 2 heterocycles. The molecule has 1 amide bonds. The Balaban J connectivity index is 1.54. The Morgan fingerprint density at radius 1 is 1.23 bits per heavy atom. The maximum absolute atomic E-state index is 13.0. The molecule has 5 nitrogen and oxygen atoms in total. The van der Waals surface area contributed by atoms with Crippen LogP contribution in [0, 0.1) is 6.92 Å². The fourth-order valence-corrected chi connectivity index (χ4v) is 5.29. The van der Waals surface area contributed by atoms with Gasteiger partial charge in [0.05, 0.1) is 31.4 Å². The van der Waals surface area contributed by atoms with E-state index in [4.69, 9.17) is 21.1 Å². The number of methoxy groups -OCH3 is 1. The van der Waals surface area contributed by atoms with Gasteiger partial charge in [-0.3, -0.25) is 9.69 Å². The Morgan fingerprint density at radius 2 is 1.97 bits per heavy atom. The number of rotatable bonds is 6. The lowest BCUT2D eigenvalue weighted by Gasteiger charge is -2.35. The Hall–Kier alpha value is -2.12. The van der Waals surface area contributed by atoms with E-state index in [0.29, 0.717) is 29.7 Å². The molecule has 0 aliphatic carbocycles. The predicted octanol–water partition coefficient (Wildman–Crippen LogP) is 4.68. The van der Waals surface area contributed by atoms with Crippen molar-refractivity contribution in [2.24, 2.45) is 0 Å². The zero-order chi connectivity index (χ0) is 21.1. The maximum Gasteiger partial charge on any atom is 0.262 e. The maximum atomic E-state index is 13.0. The predicted molar refractivity (Wildman–Crippen MR) is 122 cm³/mol. The van der Waals surface area contributed by atoms with E-state index >= 15 is 0 Å². The van der Waals surface area contributed by atoms with Gasteiger partial charge in [-0.15, -0.1) is 11.3 Å². The zero-order valence-corrected chi connectivity index (χ0v) is 18.7.